The van der Waals surface area contributed by atoms with Crippen LogP contribution >= 0.6 is 11.3 Å². The number of thiophene rings is 1. The average molecular weight is 432 g/mol. The number of amides is 1. The number of aryl methyl sites for hydroxylation is 1. The van der Waals surface area contributed by atoms with E-state index in [1.807, 2.05) is 30.5 Å². The van der Waals surface area contributed by atoms with Crippen LogP contribution < -0.4 is 5.43 Å². The lowest BCUT2D eigenvalue weighted by Gasteiger charge is -2.27. The Morgan fingerprint density at radius 1 is 1.28 bits per heavy atom. The van der Waals surface area contributed by atoms with E-state index in [9.17, 15) is 18.0 Å². The van der Waals surface area contributed by atoms with Gasteiger partial charge in [0.1, 0.15) is 5.58 Å². The van der Waals surface area contributed by atoms with Gasteiger partial charge < -0.3 is 9.32 Å². The van der Waals surface area contributed by atoms with Gasteiger partial charge in [-0.2, -0.15) is 0 Å². The number of rotatable bonds is 5. The molecule has 1 fully saturated rings. The van der Waals surface area contributed by atoms with Gasteiger partial charge in [-0.1, -0.05) is 19.1 Å². The van der Waals surface area contributed by atoms with Gasteiger partial charge in [0, 0.05) is 17.0 Å². The molecule has 0 unspecified atom stereocenters. The molecule has 0 spiro atoms. The van der Waals surface area contributed by atoms with Gasteiger partial charge >= 0.3 is 0 Å². The molecule has 3 aromatic rings. The Bertz CT molecular complexity index is 1210. The maximum absolute atomic E-state index is 13.3. The second kappa shape index (κ2) is 7.76. The van der Waals surface area contributed by atoms with Crippen LogP contribution in [0.4, 0.5) is 0 Å². The minimum absolute atomic E-state index is 0.0624. The summed E-state index contributed by atoms with van der Waals surface area (Å²) in [6, 6.07) is 9.92. The number of hydrogen-bond donors (Lipinski definition) is 0. The first-order valence-electron chi connectivity index (χ1n) is 9.47. The Kier molecular flexibility index (Phi) is 5.31. The fourth-order valence-corrected chi connectivity index (χ4v) is 6.06. The number of carbonyl (C=O) groups excluding carboxylic acids is 1. The van der Waals surface area contributed by atoms with Crippen molar-refractivity contribution in [3.8, 4) is 0 Å². The van der Waals surface area contributed by atoms with Crippen molar-refractivity contribution < 1.29 is 17.6 Å². The van der Waals surface area contributed by atoms with Crippen LogP contribution in [0.15, 0.2) is 51.0 Å². The van der Waals surface area contributed by atoms with Gasteiger partial charge in [0.15, 0.2) is 21.0 Å². The molecule has 2 aromatic heterocycles. The normalized spacial score (nSPS) is 18.2. The van der Waals surface area contributed by atoms with E-state index in [1.165, 1.54) is 22.3 Å². The number of hydrogen-bond acceptors (Lipinski definition) is 6. The van der Waals surface area contributed by atoms with Crippen LogP contribution in [0.1, 0.15) is 34.3 Å². The summed E-state index contributed by atoms with van der Waals surface area (Å²) in [5.41, 5.74) is 1.09. The molecule has 1 amide bonds. The van der Waals surface area contributed by atoms with E-state index in [4.69, 9.17) is 4.42 Å². The molecule has 0 saturated carbocycles. The van der Waals surface area contributed by atoms with Crippen molar-refractivity contribution >= 4 is 38.1 Å². The van der Waals surface area contributed by atoms with Gasteiger partial charge in [0.25, 0.3) is 5.91 Å². The highest BCUT2D eigenvalue weighted by Crippen LogP contribution is 2.24. The molecule has 1 aromatic carbocycles. The first-order chi connectivity index (χ1) is 13.9. The highest BCUT2D eigenvalue weighted by Gasteiger charge is 2.36. The van der Waals surface area contributed by atoms with E-state index in [-0.39, 0.29) is 29.2 Å². The predicted molar refractivity (Wildman–Crippen MR) is 113 cm³/mol. The van der Waals surface area contributed by atoms with Crippen LogP contribution in [0.2, 0.25) is 0 Å². The highest BCUT2D eigenvalue weighted by molar-refractivity contribution is 7.91. The molecule has 1 aliphatic rings. The van der Waals surface area contributed by atoms with Crippen LogP contribution in [0, 0.1) is 0 Å². The Balaban J connectivity index is 1.72. The average Bonchev–Trinajstić information content (AvgIpc) is 3.34. The maximum atomic E-state index is 13.3. The summed E-state index contributed by atoms with van der Waals surface area (Å²) in [5, 5.41) is 2.35. The van der Waals surface area contributed by atoms with Crippen LogP contribution in [-0.2, 0) is 22.8 Å². The van der Waals surface area contributed by atoms with Crippen LogP contribution in [-0.4, -0.2) is 36.8 Å². The Labute approximate surface area is 172 Å². The molecule has 1 aliphatic heterocycles. The fraction of sp³-hybridized carbons (Fsp3) is 0.333. The molecule has 0 radical (unpaired) electrons. The first-order valence-corrected chi connectivity index (χ1v) is 12.2. The molecule has 3 heterocycles. The summed E-state index contributed by atoms with van der Waals surface area (Å²) in [5.74, 6) is -0.526. The molecule has 152 valence electrons. The van der Waals surface area contributed by atoms with Crippen molar-refractivity contribution in [1.29, 1.82) is 0 Å². The van der Waals surface area contributed by atoms with Gasteiger partial charge in [-0.25, -0.2) is 8.42 Å². The molecule has 4 rings (SSSR count). The van der Waals surface area contributed by atoms with Gasteiger partial charge in [-0.05, 0) is 42.0 Å². The maximum Gasteiger partial charge on any atom is 0.290 e. The van der Waals surface area contributed by atoms with Gasteiger partial charge in [0.2, 0.25) is 0 Å². The summed E-state index contributed by atoms with van der Waals surface area (Å²) in [4.78, 5) is 28.4. The Hall–Kier alpha value is -2.45. The van der Waals surface area contributed by atoms with E-state index in [2.05, 4.69) is 0 Å². The van der Waals surface area contributed by atoms with E-state index in [0.29, 0.717) is 17.4 Å². The smallest absolute Gasteiger partial charge is 0.290 e. The van der Waals surface area contributed by atoms with Crippen molar-refractivity contribution in [2.24, 2.45) is 0 Å². The van der Waals surface area contributed by atoms with Crippen LogP contribution in [0.3, 0.4) is 0 Å². The molecule has 8 heteroatoms. The van der Waals surface area contributed by atoms with Crippen molar-refractivity contribution in [2.75, 3.05) is 11.5 Å². The largest absolute Gasteiger partial charge is 0.451 e. The van der Waals surface area contributed by atoms with Crippen molar-refractivity contribution in [1.82, 2.24) is 4.90 Å². The van der Waals surface area contributed by atoms with E-state index >= 15 is 0 Å². The zero-order valence-corrected chi connectivity index (χ0v) is 17.6. The summed E-state index contributed by atoms with van der Waals surface area (Å²) < 4.78 is 29.8. The molecule has 0 aliphatic carbocycles. The van der Waals surface area contributed by atoms with Crippen molar-refractivity contribution in [3.05, 3.63) is 68.2 Å². The van der Waals surface area contributed by atoms with Crippen molar-refractivity contribution in [2.45, 2.75) is 32.4 Å². The number of benzene rings is 1. The van der Waals surface area contributed by atoms with Crippen LogP contribution in [0.5, 0.6) is 0 Å². The topological polar surface area (TPSA) is 84.7 Å². The number of nitrogens with zero attached hydrogens (tertiary/aromatic N) is 1. The third-order valence-corrected chi connectivity index (χ3v) is 7.84. The SMILES string of the molecule is CCc1ccc2oc(C(=O)N(Cc3cccs3)[C@@H]3CCS(=O)(=O)C3)cc(=O)c2c1. The number of fused-ring (bicyclic) bond motifs is 1. The molecule has 6 nitrogen and oxygen atoms in total. The Morgan fingerprint density at radius 3 is 2.76 bits per heavy atom. The zero-order valence-electron chi connectivity index (χ0n) is 16.0. The summed E-state index contributed by atoms with van der Waals surface area (Å²) >= 11 is 1.50. The summed E-state index contributed by atoms with van der Waals surface area (Å²) in [7, 11) is -3.17. The highest BCUT2D eigenvalue weighted by atomic mass is 32.2. The van der Waals surface area contributed by atoms with E-state index in [0.717, 1.165) is 16.9 Å². The number of sulfone groups is 1. The minimum Gasteiger partial charge on any atom is -0.451 e. The van der Waals surface area contributed by atoms with E-state index < -0.39 is 21.8 Å². The lowest BCUT2D eigenvalue weighted by Crippen LogP contribution is -2.40. The third kappa shape index (κ3) is 4.13. The summed E-state index contributed by atoms with van der Waals surface area (Å²) in [6.07, 6.45) is 1.18. The molecule has 1 atom stereocenters. The lowest BCUT2D eigenvalue weighted by molar-refractivity contribution is 0.0651. The predicted octanol–water partition coefficient (Wildman–Crippen LogP) is 3.25. The molecular weight excluding hydrogens is 410 g/mol. The molecule has 0 N–H and O–H groups in total. The van der Waals surface area contributed by atoms with Gasteiger partial charge in [-0.15, -0.1) is 11.3 Å². The minimum atomic E-state index is -3.17. The third-order valence-electron chi connectivity index (χ3n) is 5.23. The molecule has 1 saturated heterocycles. The first kappa shape index (κ1) is 19.8. The molecule has 0 bridgehead atoms. The monoisotopic (exact) mass is 431 g/mol. The Morgan fingerprint density at radius 2 is 2.10 bits per heavy atom. The number of carbonyl (C=O) groups is 1. The van der Waals surface area contributed by atoms with E-state index in [1.54, 1.807) is 12.1 Å². The van der Waals surface area contributed by atoms with Gasteiger partial charge in [0.05, 0.1) is 23.4 Å². The second-order valence-electron chi connectivity index (χ2n) is 7.23. The van der Waals surface area contributed by atoms with Gasteiger partial charge in [-0.3, -0.25) is 9.59 Å². The standard InChI is InChI=1S/C21H21NO5S2/c1-2-14-5-6-19-17(10-14)18(23)11-20(27-19)21(24)22(12-16-4-3-8-28-16)15-7-9-29(25,26)13-15/h3-6,8,10-11,15H,2,7,9,12-13H2,1H3/t15-/m1/s1. The van der Waals surface area contributed by atoms with Crippen LogP contribution in [0.25, 0.3) is 11.0 Å². The summed E-state index contributed by atoms with van der Waals surface area (Å²) in [6.45, 7) is 2.28. The van der Waals surface area contributed by atoms with Crippen molar-refractivity contribution in [3.63, 3.8) is 0 Å². The second-order valence-corrected chi connectivity index (χ2v) is 10.5. The fourth-order valence-electron chi connectivity index (χ4n) is 3.63. The lowest BCUT2D eigenvalue weighted by atomic mass is 10.1. The molecular formula is C21H21NO5S2. The molecule has 29 heavy (non-hydrogen) atoms. The quantitative estimate of drug-likeness (QED) is 0.619. The zero-order chi connectivity index (χ0) is 20.6.